The van der Waals surface area contributed by atoms with E-state index < -0.39 is 13.6 Å². The molecule has 0 radical (unpaired) electrons. The predicted octanol–water partition coefficient (Wildman–Crippen LogP) is 4.15. The van der Waals surface area contributed by atoms with Crippen LogP contribution in [0.3, 0.4) is 0 Å². The van der Waals surface area contributed by atoms with Crippen LogP contribution in [0.1, 0.15) is 19.3 Å². The van der Waals surface area contributed by atoms with E-state index in [1.807, 2.05) is 27.7 Å². The third kappa shape index (κ3) is 4.25. The van der Waals surface area contributed by atoms with Gasteiger partial charge in [0.05, 0.1) is 41.9 Å². The van der Waals surface area contributed by atoms with E-state index in [0.717, 1.165) is 34.9 Å². The molecule has 3 aromatic rings. The van der Waals surface area contributed by atoms with Gasteiger partial charge >= 0.3 is 0 Å². The number of ether oxygens (including phenoxy) is 1. The topological polar surface area (TPSA) is 105 Å². The van der Waals surface area contributed by atoms with E-state index in [1.165, 1.54) is 0 Å². The summed E-state index contributed by atoms with van der Waals surface area (Å²) in [4.78, 5) is 8.97. The number of fused-ring (bicyclic) bond motifs is 1. The minimum Gasteiger partial charge on any atom is -0.361 e. The lowest BCUT2D eigenvalue weighted by Crippen LogP contribution is -2.46. The molecule has 3 aromatic heterocycles. The van der Waals surface area contributed by atoms with Crippen molar-refractivity contribution in [3.8, 4) is 23.4 Å². The van der Waals surface area contributed by atoms with E-state index in [2.05, 4.69) is 46.8 Å². The third-order valence-electron chi connectivity index (χ3n) is 5.97. The second-order valence-electron chi connectivity index (χ2n) is 9.56. The first-order valence-corrected chi connectivity index (χ1v) is 14.3. The molecule has 0 amide bonds. The molecule has 0 aliphatic heterocycles. The predicted molar refractivity (Wildman–Crippen MR) is 119 cm³/mol. The molecule has 0 N–H and O–H groups in total. The molecule has 3 heterocycles. The van der Waals surface area contributed by atoms with Crippen molar-refractivity contribution in [3.63, 3.8) is 0 Å². The lowest BCUT2D eigenvalue weighted by Gasteiger charge is -2.43. The Morgan fingerprint density at radius 3 is 2.77 bits per heavy atom. The molecule has 0 saturated heterocycles. The SMILES string of the molecule is C[Si](C)(C)CCOCn1ccc2c(-c3cnn(C4(CC#N)CC(C#N)C4)c3)ncnc21. The van der Waals surface area contributed by atoms with Crippen LogP contribution in [-0.4, -0.2) is 39.0 Å². The highest BCUT2D eigenvalue weighted by Gasteiger charge is 2.46. The molecule has 0 atom stereocenters. The number of nitriles is 2. The Morgan fingerprint density at radius 1 is 1.26 bits per heavy atom. The molecule has 1 aliphatic rings. The summed E-state index contributed by atoms with van der Waals surface area (Å²) >= 11 is 0. The fourth-order valence-electron chi connectivity index (χ4n) is 4.09. The van der Waals surface area contributed by atoms with Gasteiger partial charge in [-0.2, -0.15) is 15.6 Å². The molecule has 1 saturated carbocycles. The van der Waals surface area contributed by atoms with E-state index in [4.69, 9.17) is 10.00 Å². The van der Waals surface area contributed by atoms with Crippen LogP contribution in [0.25, 0.3) is 22.3 Å². The average Bonchev–Trinajstić information content (AvgIpc) is 3.34. The molecule has 9 heteroatoms. The van der Waals surface area contributed by atoms with Crippen molar-refractivity contribution in [1.82, 2.24) is 24.3 Å². The Hall–Kier alpha value is -3.01. The standard InChI is InChI=1S/C22H27N7OSi/c1-31(2,3)9-8-30-16-28-7-4-19-20(25-15-26-21(19)28)18-13-27-29(14-18)22(5-6-23)10-17(11-22)12-24/h4,7,13-15,17H,5,8-11,16H2,1-3H3. The molecule has 160 valence electrons. The van der Waals surface area contributed by atoms with Crippen LogP contribution < -0.4 is 0 Å². The Labute approximate surface area is 183 Å². The fraction of sp³-hybridized carbons (Fsp3) is 0.500. The Morgan fingerprint density at radius 2 is 2.06 bits per heavy atom. The average molecular weight is 434 g/mol. The first kappa shape index (κ1) is 21.2. The number of hydrogen-bond donors (Lipinski definition) is 0. The highest BCUT2D eigenvalue weighted by atomic mass is 28.3. The van der Waals surface area contributed by atoms with Crippen LogP contribution in [0, 0.1) is 28.6 Å². The summed E-state index contributed by atoms with van der Waals surface area (Å²) in [6, 6.07) is 7.69. The Bertz CT molecular complexity index is 1160. The van der Waals surface area contributed by atoms with Gasteiger partial charge in [0.25, 0.3) is 0 Å². The molecule has 1 fully saturated rings. The van der Waals surface area contributed by atoms with E-state index >= 15 is 0 Å². The summed E-state index contributed by atoms with van der Waals surface area (Å²) in [7, 11) is -1.12. The van der Waals surface area contributed by atoms with Crippen molar-refractivity contribution in [2.75, 3.05) is 6.61 Å². The van der Waals surface area contributed by atoms with Crippen LogP contribution in [0.5, 0.6) is 0 Å². The monoisotopic (exact) mass is 433 g/mol. The molecule has 1 aliphatic carbocycles. The van der Waals surface area contributed by atoms with Gasteiger partial charge in [-0.1, -0.05) is 19.6 Å². The normalized spacial score (nSPS) is 20.9. The van der Waals surface area contributed by atoms with Gasteiger partial charge in [-0.15, -0.1) is 0 Å². The quantitative estimate of drug-likeness (QED) is 0.390. The maximum Gasteiger partial charge on any atom is 0.145 e. The Balaban J connectivity index is 1.55. The molecule has 0 aromatic carbocycles. The highest BCUT2D eigenvalue weighted by Crippen LogP contribution is 2.46. The maximum absolute atomic E-state index is 9.28. The summed E-state index contributed by atoms with van der Waals surface area (Å²) in [5.74, 6) is -0.0123. The molecule has 8 nitrogen and oxygen atoms in total. The summed E-state index contributed by atoms with van der Waals surface area (Å²) in [6.45, 7) is 8.24. The zero-order valence-corrected chi connectivity index (χ0v) is 19.2. The van der Waals surface area contributed by atoms with Gasteiger partial charge in [0.2, 0.25) is 0 Å². The van der Waals surface area contributed by atoms with Gasteiger partial charge in [-0.25, -0.2) is 9.97 Å². The van der Waals surface area contributed by atoms with Crippen LogP contribution in [0.2, 0.25) is 25.7 Å². The van der Waals surface area contributed by atoms with Crippen molar-refractivity contribution < 1.29 is 4.74 Å². The van der Waals surface area contributed by atoms with E-state index in [9.17, 15) is 5.26 Å². The Kier molecular flexibility index (Phi) is 5.65. The molecule has 4 rings (SSSR count). The molecular weight excluding hydrogens is 406 g/mol. The lowest BCUT2D eigenvalue weighted by atomic mass is 9.67. The maximum atomic E-state index is 9.28. The molecule has 0 bridgehead atoms. The van der Waals surface area contributed by atoms with E-state index in [-0.39, 0.29) is 5.92 Å². The van der Waals surface area contributed by atoms with Crippen molar-refractivity contribution >= 4 is 19.1 Å². The van der Waals surface area contributed by atoms with Gasteiger partial charge < -0.3 is 9.30 Å². The number of hydrogen-bond acceptors (Lipinski definition) is 6. The minimum absolute atomic E-state index is 0.0123. The smallest absolute Gasteiger partial charge is 0.145 e. The van der Waals surface area contributed by atoms with Crippen LogP contribution >= 0.6 is 0 Å². The van der Waals surface area contributed by atoms with Gasteiger partial charge in [0.15, 0.2) is 0 Å². The summed E-state index contributed by atoms with van der Waals surface area (Å²) < 4.78 is 9.74. The number of nitrogens with zero attached hydrogens (tertiary/aromatic N) is 7. The molecule has 31 heavy (non-hydrogen) atoms. The zero-order valence-electron chi connectivity index (χ0n) is 18.2. The van der Waals surface area contributed by atoms with Crippen LogP contribution in [-0.2, 0) is 17.0 Å². The third-order valence-corrected chi connectivity index (χ3v) is 7.67. The molecule has 0 spiro atoms. The first-order chi connectivity index (χ1) is 14.8. The summed E-state index contributed by atoms with van der Waals surface area (Å²) in [5, 5.41) is 23.9. The van der Waals surface area contributed by atoms with Crippen LogP contribution in [0.4, 0.5) is 0 Å². The van der Waals surface area contributed by atoms with Crippen molar-refractivity contribution in [2.45, 2.75) is 57.2 Å². The van der Waals surface area contributed by atoms with E-state index in [0.29, 0.717) is 26.0 Å². The number of rotatable bonds is 8. The zero-order chi connectivity index (χ0) is 22.1. The first-order valence-electron chi connectivity index (χ1n) is 10.5. The molecular formula is C22H27N7OSi. The summed E-state index contributed by atoms with van der Waals surface area (Å²) in [6.07, 6.45) is 8.91. The lowest BCUT2D eigenvalue weighted by molar-refractivity contribution is 0.0882. The van der Waals surface area contributed by atoms with Crippen LogP contribution in [0.15, 0.2) is 31.0 Å². The second kappa shape index (κ2) is 8.25. The van der Waals surface area contributed by atoms with E-state index in [1.54, 1.807) is 12.5 Å². The summed E-state index contributed by atoms with van der Waals surface area (Å²) in [5.41, 5.74) is 2.11. The van der Waals surface area contributed by atoms with Crippen molar-refractivity contribution in [3.05, 3.63) is 31.0 Å². The van der Waals surface area contributed by atoms with Gasteiger partial charge in [0, 0.05) is 38.0 Å². The van der Waals surface area contributed by atoms with Crippen molar-refractivity contribution in [1.29, 1.82) is 10.5 Å². The molecule has 0 unspecified atom stereocenters. The van der Waals surface area contributed by atoms with Gasteiger partial charge in [-0.3, -0.25) is 4.68 Å². The second-order valence-corrected chi connectivity index (χ2v) is 15.2. The van der Waals surface area contributed by atoms with Gasteiger partial charge in [-0.05, 0) is 25.0 Å². The van der Waals surface area contributed by atoms with Crippen molar-refractivity contribution in [2.24, 2.45) is 5.92 Å². The highest BCUT2D eigenvalue weighted by molar-refractivity contribution is 6.76. The largest absolute Gasteiger partial charge is 0.361 e. The number of aromatic nitrogens is 5. The minimum atomic E-state index is -1.12. The van der Waals surface area contributed by atoms with Gasteiger partial charge in [0.1, 0.15) is 18.7 Å². The fourth-order valence-corrected chi connectivity index (χ4v) is 4.85.